The molecule has 0 heterocycles. The summed E-state index contributed by atoms with van der Waals surface area (Å²) in [6.07, 6.45) is 0. The van der Waals surface area contributed by atoms with E-state index in [1.807, 2.05) is 0 Å². The van der Waals surface area contributed by atoms with Crippen molar-refractivity contribution in [2.24, 2.45) is 0 Å². The summed E-state index contributed by atoms with van der Waals surface area (Å²) in [5.41, 5.74) is 2.68. The van der Waals surface area contributed by atoms with Crippen LogP contribution in [0.4, 0.5) is 0 Å². The van der Waals surface area contributed by atoms with Gasteiger partial charge in [0.2, 0.25) is 0 Å². The molecule has 0 saturated heterocycles. The van der Waals surface area contributed by atoms with E-state index >= 15 is 0 Å². The van der Waals surface area contributed by atoms with Gasteiger partial charge in [-0.3, -0.25) is 9.79 Å². The third-order valence-electron chi connectivity index (χ3n) is 4.48. The van der Waals surface area contributed by atoms with Crippen LogP contribution in [0.3, 0.4) is 0 Å². The molecule has 0 aliphatic heterocycles. The van der Waals surface area contributed by atoms with Gasteiger partial charge < -0.3 is 18.1 Å². The molecule has 0 amide bonds. The van der Waals surface area contributed by atoms with Gasteiger partial charge in [-0.05, 0) is 62.1 Å². The van der Waals surface area contributed by atoms with Crippen LogP contribution in [-0.2, 0) is 9.13 Å². The maximum absolute atomic E-state index is 12.5. The Balaban J connectivity index is 1.75. The number of phosphoric acid groups is 2. The minimum atomic E-state index is -4.55. The van der Waals surface area contributed by atoms with Gasteiger partial charge in [0.15, 0.2) is 0 Å². The Morgan fingerprint density at radius 1 is 0.562 bits per heavy atom. The Labute approximate surface area is 186 Å². The summed E-state index contributed by atoms with van der Waals surface area (Å²) in [5, 5.41) is 0. The first-order valence-corrected chi connectivity index (χ1v) is 12.6. The Hall–Kier alpha value is -2.76. The number of para-hydroxylation sites is 2. The van der Waals surface area contributed by atoms with Gasteiger partial charge in [0, 0.05) is 6.07 Å². The van der Waals surface area contributed by atoms with E-state index in [2.05, 4.69) is 0 Å². The molecule has 0 fully saturated rings. The second kappa shape index (κ2) is 9.39. The van der Waals surface area contributed by atoms with Gasteiger partial charge in [-0.15, -0.1) is 0 Å². The van der Waals surface area contributed by atoms with Crippen LogP contribution in [0.5, 0.6) is 23.0 Å². The van der Waals surface area contributed by atoms with E-state index < -0.39 is 15.6 Å². The van der Waals surface area contributed by atoms with E-state index in [0.29, 0.717) is 22.3 Å². The van der Waals surface area contributed by atoms with E-state index in [1.54, 1.807) is 64.1 Å². The molecule has 0 spiro atoms. The van der Waals surface area contributed by atoms with Crippen LogP contribution >= 0.6 is 15.6 Å². The molecule has 2 N–H and O–H groups in total. The number of hydrogen-bond donors (Lipinski definition) is 2. The number of benzene rings is 3. The fourth-order valence-electron chi connectivity index (χ4n) is 3.01. The lowest BCUT2D eigenvalue weighted by Gasteiger charge is -2.18. The Kier molecular flexibility index (Phi) is 7.01. The zero-order valence-corrected chi connectivity index (χ0v) is 19.8. The maximum atomic E-state index is 12.5. The number of phosphoric ester groups is 2. The molecule has 0 bridgehead atoms. The number of hydrogen-bond acceptors (Lipinski definition) is 6. The summed E-state index contributed by atoms with van der Waals surface area (Å²) in [6, 6.07) is 16.0. The normalized spacial score (nSPS) is 14.7. The van der Waals surface area contributed by atoms with Gasteiger partial charge in [0.1, 0.15) is 23.0 Å². The Bertz CT molecular complexity index is 1090. The highest BCUT2D eigenvalue weighted by atomic mass is 31.2. The molecule has 0 saturated carbocycles. The smallest absolute Gasteiger partial charge is 0.395 e. The first kappa shape index (κ1) is 23.9. The molecule has 3 aromatic carbocycles. The van der Waals surface area contributed by atoms with Gasteiger partial charge in [-0.2, -0.15) is 0 Å². The first-order chi connectivity index (χ1) is 15.0. The van der Waals surface area contributed by atoms with Crippen molar-refractivity contribution >= 4 is 15.6 Å². The van der Waals surface area contributed by atoms with Crippen LogP contribution in [-0.4, -0.2) is 9.79 Å². The molecule has 2 unspecified atom stereocenters. The van der Waals surface area contributed by atoms with E-state index in [0.717, 1.165) is 0 Å². The number of aryl methyl sites for hydroxylation is 4. The molecule has 170 valence electrons. The highest BCUT2D eigenvalue weighted by Crippen LogP contribution is 2.49. The van der Waals surface area contributed by atoms with Crippen molar-refractivity contribution < 1.29 is 37.0 Å². The van der Waals surface area contributed by atoms with Crippen molar-refractivity contribution in [2.75, 3.05) is 0 Å². The summed E-state index contributed by atoms with van der Waals surface area (Å²) in [6.45, 7) is 6.97. The lowest BCUT2D eigenvalue weighted by atomic mass is 10.1. The van der Waals surface area contributed by atoms with Gasteiger partial charge in [-0.1, -0.05) is 42.5 Å². The van der Waals surface area contributed by atoms with E-state index in [1.165, 1.54) is 24.3 Å². The molecule has 32 heavy (non-hydrogen) atoms. The molecule has 8 nitrogen and oxygen atoms in total. The molecule has 0 aromatic heterocycles. The second-order valence-electron chi connectivity index (χ2n) is 7.22. The largest absolute Gasteiger partial charge is 0.584 e. The average Bonchev–Trinajstić information content (AvgIpc) is 2.67. The van der Waals surface area contributed by atoms with Crippen molar-refractivity contribution in [3.8, 4) is 23.0 Å². The molecule has 3 aromatic rings. The quantitative estimate of drug-likeness (QED) is 0.377. The topological polar surface area (TPSA) is 112 Å². The lowest BCUT2D eigenvalue weighted by molar-refractivity contribution is 0.286. The maximum Gasteiger partial charge on any atom is 0.584 e. The standard InChI is InChI=1S/C22H24O8P2/c1-15-8-5-9-16(2)21(15)29-31(23,24)27-19-12-7-13-20(14-19)28-32(25,26)30-22-17(3)10-6-11-18(22)4/h5-14H,1-4H3,(H,23,24)(H,25,26). The minimum Gasteiger partial charge on any atom is -0.395 e. The Morgan fingerprint density at radius 2 is 0.875 bits per heavy atom. The van der Waals surface area contributed by atoms with E-state index in [4.69, 9.17) is 18.1 Å². The van der Waals surface area contributed by atoms with Crippen LogP contribution in [0.25, 0.3) is 0 Å². The SMILES string of the molecule is Cc1cccc(C)c1OP(=O)(O)Oc1cccc(OP(=O)(O)Oc2c(C)cccc2C)c1. The van der Waals surface area contributed by atoms with Gasteiger partial charge >= 0.3 is 15.6 Å². The molecule has 2 atom stereocenters. The highest BCUT2D eigenvalue weighted by Gasteiger charge is 2.29. The van der Waals surface area contributed by atoms with Gasteiger partial charge in [0.05, 0.1) is 0 Å². The molecule has 3 rings (SSSR count). The highest BCUT2D eigenvalue weighted by molar-refractivity contribution is 7.48. The van der Waals surface area contributed by atoms with Crippen LogP contribution in [0.1, 0.15) is 22.3 Å². The summed E-state index contributed by atoms with van der Waals surface area (Å²) >= 11 is 0. The van der Waals surface area contributed by atoms with Crippen molar-refractivity contribution in [2.45, 2.75) is 27.7 Å². The summed E-state index contributed by atoms with van der Waals surface area (Å²) in [7, 11) is -9.09. The van der Waals surface area contributed by atoms with Crippen LogP contribution in [0.15, 0.2) is 60.7 Å². The third kappa shape index (κ3) is 6.15. The van der Waals surface area contributed by atoms with Crippen LogP contribution < -0.4 is 18.1 Å². The lowest BCUT2D eigenvalue weighted by Crippen LogP contribution is -2.03. The first-order valence-electron chi connectivity index (χ1n) is 9.62. The van der Waals surface area contributed by atoms with E-state index in [9.17, 15) is 18.9 Å². The molecular formula is C22H24O8P2. The van der Waals surface area contributed by atoms with Gasteiger partial charge in [-0.25, -0.2) is 9.13 Å². The summed E-state index contributed by atoms with van der Waals surface area (Å²) in [4.78, 5) is 20.4. The minimum absolute atomic E-state index is 0.0911. The molecule has 0 aliphatic rings. The molecule has 0 radical (unpaired) electrons. The van der Waals surface area contributed by atoms with Crippen molar-refractivity contribution in [3.63, 3.8) is 0 Å². The fourth-order valence-corrected chi connectivity index (χ4v) is 4.88. The predicted molar refractivity (Wildman–Crippen MR) is 120 cm³/mol. The average molecular weight is 478 g/mol. The van der Waals surface area contributed by atoms with Crippen LogP contribution in [0.2, 0.25) is 0 Å². The monoisotopic (exact) mass is 478 g/mol. The second-order valence-corrected chi connectivity index (χ2v) is 9.82. The van der Waals surface area contributed by atoms with E-state index in [-0.39, 0.29) is 23.0 Å². The fraction of sp³-hybridized carbons (Fsp3) is 0.182. The molecular weight excluding hydrogens is 454 g/mol. The predicted octanol–water partition coefficient (Wildman–Crippen LogP) is 6.04. The summed E-state index contributed by atoms with van der Waals surface area (Å²) < 4.78 is 45.7. The molecule has 0 aliphatic carbocycles. The zero-order chi connectivity index (χ0) is 23.5. The summed E-state index contributed by atoms with van der Waals surface area (Å²) in [5.74, 6) is 0.304. The molecule has 10 heteroatoms. The van der Waals surface area contributed by atoms with Crippen molar-refractivity contribution in [3.05, 3.63) is 82.9 Å². The van der Waals surface area contributed by atoms with Gasteiger partial charge in [0.25, 0.3) is 0 Å². The Morgan fingerprint density at radius 3 is 1.22 bits per heavy atom. The van der Waals surface area contributed by atoms with Crippen molar-refractivity contribution in [1.82, 2.24) is 0 Å². The number of rotatable bonds is 8. The third-order valence-corrected chi connectivity index (χ3v) is 6.19. The van der Waals surface area contributed by atoms with Crippen molar-refractivity contribution in [1.29, 1.82) is 0 Å². The zero-order valence-electron chi connectivity index (χ0n) is 18.0. The van der Waals surface area contributed by atoms with Crippen LogP contribution in [0, 0.1) is 27.7 Å².